The van der Waals surface area contributed by atoms with E-state index in [0.717, 1.165) is 17.4 Å². The molecule has 2 fully saturated rings. The number of hydrogen-bond acceptors (Lipinski definition) is 1. The van der Waals surface area contributed by atoms with E-state index in [9.17, 15) is 8.78 Å². The fraction of sp³-hybridized carbons (Fsp3) is 0.636. The van der Waals surface area contributed by atoms with Crippen LogP contribution in [-0.4, -0.2) is 6.11 Å². The van der Waals surface area contributed by atoms with Gasteiger partial charge in [-0.2, -0.15) is 8.78 Å². The highest BCUT2D eigenvalue weighted by Gasteiger charge is 2.31. The van der Waals surface area contributed by atoms with E-state index in [1.165, 1.54) is 88.2 Å². The molecule has 0 bridgehead atoms. The summed E-state index contributed by atoms with van der Waals surface area (Å²) in [5.41, 5.74) is 4.09. The van der Waals surface area contributed by atoms with Crippen LogP contribution < -0.4 is 0 Å². The van der Waals surface area contributed by atoms with Crippen LogP contribution in [0, 0.1) is 11.8 Å². The van der Waals surface area contributed by atoms with Gasteiger partial charge in [0.1, 0.15) is 0 Å². The molecule has 2 aliphatic rings. The van der Waals surface area contributed by atoms with Crippen molar-refractivity contribution in [3.63, 3.8) is 0 Å². The van der Waals surface area contributed by atoms with Crippen LogP contribution in [0.4, 0.5) is 8.78 Å². The van der Waals surface area contributed by atoms with Gasteiger partial charge in [0.15, 0.2) is 0 Å². The lowest BCUT2D eigenvalue weighted by molar-refractivity contribution is -0.244. The molecule has 0 aromatic heterocycles. The maximum Gasteiger partial charge on any atom is 0.360 e. The summed E-state index contributed by atoms with van der Waals surface area (Å²) < 4.78 is 34.3. The van der Waals surface area contributed by atoms with E-state index in [1.807, 2.05) is 24.3 Å². The highest BCUT2D eigenvalue weighted by molar-refractivity contribution is 5.27. The van der Waals surface area contributed by atoms with Crippen molar-refractivity contribution in [2.75, 3.05) is 0 Å². The fourth-order valence-corrected chi connectivity index (χ4v) is 6.33. The normalized spacial score (nSPS) is 25.1. The summed E-state index contributed by atoms with van der Waals surface area (Å²) in [6.07, 6.45) is 11.9. The van der Waals surface area contributed by atoms with Gasteiger partial charge in [0.25, 0.3) is 0 Å². The van der Waals surface area contributed by atoms with Crippen molar-refractivity contribution in [1.29, 1.82) is 0 Å². The van der Waals surface area contributed by atoms with E-state index >= 15 is 0 Å². The van der Waals surface area contributed by atoms with Gasteiger partial charge < -0.3 is 4.74 Å². The molecule has 0 radical (unpaired) electrons. The van der Waals surface area contributed by atoms with Crippen LogP contribution in [0.2, 0.25) is 0 Å². The van der Waals surface area contributed by atoms with Gasteiger partial charge in [0, 0.05) is 0 Å². The first kappa shape index (κ1) is 27.3. The molecule has 198 valence electrons. The van der Waals surface area contributed by atoms with Crippen molar-refractivity contribution < 1.29 is 13.5 Å². The highest BCUT2D eigenvalue weighted by atomic mass is 19.3. The van der Waals surface area contributed by atoms with E-state index in [2.05, 4.69) is 38.1 Å². The number of rotatable bonds is 11. The molecule has 3 heteroatoms. The maximum absolute atomic E-state index is 14.6. The van der Waals surface area contributed by atoms with Gasteiger partial charge in [0.2, 0.25) is 0 Å². The summed E-state index contributed by atoms with van der Waals surface area (Å²) in [7, 11) is 0. The first-order valence-electron chi connectivity index (χ1n) is 14.6. The largest absolute Gasteiger partial charge is 0.360 e. The summed E-state index contributed by atoms with van der Waals surface area (Å²) in [6, 6.07) is 16.0. The average Bonchev–Trinajstić information content (AvgIpc) is 2.89. The summed E-state index contributed by atoms with van der Waals surface area (Å²) in [5, 5.41) is 0. The van der Waals surface area contributed by atoms with E-state index < -0.39 is 6.11 Å². The Labute approximate surface area is 218 Å². The van der Waals surface area contributed by atoms with Crippen molar-refractivity contribution in [2.24, 2.45) is 11.8 Å². The molecule has 0 atom stereocenters. The van der Waals surface area contributed by atoms with E-state index in [0.29, 0.717) is 17.4 Å². The first-order chi connectivity index (χ1) is 17.4. The third-order valence-corrected chi connectivity index (χ3v) is 8.84. The Balaban J connectivity index is 1.21. The standard InChI is InChI=1S/C33H46F2O/c1-3-4-5-6-26-9-17-30(18-10-26)31-19-11-27(12-20-31)23-33(34,35)36-24-28-13-21-32(22-14-28)29-15-7-25(2)8-16-29/h11-14,19-22,25-26,29-30H,3-10,15-18,23-24H2,1-2H3. The average molecular weight is 497 g/mol. The Morgan fingerprint density at radius 1 is 0.722 bits per heavy atom. The summed E-state index contributed by atoms with van der Waals surface area (Å²) in [4.78, 5) is 0. The molecule has 0 amide bonds. The number of benzene rings is 2. The third kappa shape index (κ3) is 8.13. The Bertz CT molecular complexity index is 888. The number of halogens is 2. The lowest BCUT2D eigenvalue weighted by Gasteiger charge is -2.29. The fourth-order valence-electron chi connectivity index (χ4n) is 6.33. The van der Waals surface area contributed by atoms with Gasteiger partial charge in [-0.25, -0.2) is 0 Å². The predicted molar refractivity (Wildman–Crippen MR) is 146 cm³/mol. The SMILES string of the molecule is CCCCCC1CCC(c2ccc(CC(F)(F)OCc3ccc(C4CCC(C)CC4)cc3)cc2)CC1. The molecule has 2 saturated carbocycles. The van der Waals surface area contributed by atoms with Crippen LogP contribution in [0.1, 0.15) is 125 Å². The van der Waals surface area contributed by atoms with Gasteiger partial charge in [-0.05, 0) is 84.5 Å². The number of ether oxygens (including phenoxy) is 1. The second-order valence-corrected chi connectivity index (χ2v) is 11.8. The zero-order valence-corrected chi connectivity index (χ0v) is 22.5. The molecule has 2 aromatic rings. The molecule has 0 saturated heterocycles. The monoisotopic (exact) mass is 496 g/mol. The van der Waals surface area contributed by atoms with Crippen molar-refractivity contribution >= 4 is 0 Å². The molecule has 36 heavy (non-hydrogen) atoms. The third-order valence-electron chi connectivity index (χ3n) is 8.84. The van der Waals surface area contributed by atoms with Gasteiger partial charge in [-0.3, -0.25) is 0 Å². The van der Waals surface area contributed by atoms with Gasteiger partial charge in [-0.15, -0.1) is 0 Å². The van der Waals surface area contributed by atoms with Gasteiger partial charge >= 0.3 is 6.11 Å². The zero-order valence-electron chi connectivity index (χ0n) is 22.5. The lowest BCUT2D eigenvalue weighted by atomic mass is 9.77. The highest BCUT2D eigenvalue weighted by Crippen LogP contribution is 2.38. The molecular weight excluding hydrogens is 450 g/mol. The topological polar surface area (TPSA) is 9.23 Å². The molecule has 0 spiro atoms. The Morgan fingerprint density at radius 3 is 1.81 bits per heavy atom. The summed E-state index contributed by atoms with van der Waals surface area (Å²) >= 11 is 0. The van der Waals surface area contributed by atoms with Crippen LogP contribution in [0.3, 0.4) is 0 Å². The minimum absolute atomic E-state index is 0.0610. The molecule has 0 unspecified atom stereocenters. The van der Waals surface area contributed by atoms with Crippen LogP contribution >= 0.6 is 0 Å². The van der Waals surface area contributed by atoms with Crippen LogP contribution in [0.15, 0.2) is 48.5 Å². The first-order valence-corrected chi connectivity index (χ1v) is 14.6. The lowest BCUT2D eigenvalue weighted by Crippen LogP contribution is -2.23. The second kappa shape index (κ2) is 13.2. The van der Waals surface area contributed by atoms with Gasteiger partial charge in [-0.1, -0.05) is 101 Å². The molecule has 0 heterocycles. The summed E-state index contributed by atoms with van der Waals surface area (Å²) in [6.45, 7) is 4.53. The molecule has 0 aliphatic heterocycles. The molecule has 2 aliphatic carbocycles. The van der Waals surface area contributed by atoms with Crippen molar-refractivity contribution in [3.8, 4) is 0 Å². The smallest absolute Gasteiger partial charge is 0.315 e. The second-order valence-electron chi connectivity index (χ2n) is 11.8. The van der Waals surface area contributed by atoms with Crippen molar-refractivity contribution in [1.82, 2.24) is 0 Å². The van der Waals surface area contributed by atoms with Crippen LogP contribution in [0.5, 0.6) is 0 Å². The molecule has 2 aromatic carbocycles. The molecule has 4 rings (SSSR count). The molecular formula is C33H46F2O. The zero-order chi connectivity index (χ0) is 25.4. The Kier molecular flexibility index (Phi) is 9.99. The minimum Gasteiger partial charge on any atom is -0.315 e. The van der Waals surface area contributed by atoms with E-state index in [4.69, 9.17) is 4.74 Å². The quantitative estimate of drug-likeness (QED) is 0.281. The Morgan fingerprint density at radius 2 is 1.25 bits per heavy atom. The van der Waals surface area contributed by atoms with Crippen molar-refractivity contribution in [2.45, 2.75) is 122 Å². The minimum atomic E-state index is -3.17. The van der Waals surface area contributed by atoms with Crippen LogP contribution in [-0.2, 0) is 17.8 Å². The molecule has 0 N–H and O–H groups in total. The predicted octanol–water partition coefficient (Wildman–Crippen LogP) is 10.2. The maximum atomic E-state index is 14.6. The molecule has 1 nitrogen and oxygen atoms in total. The Hall–Kier alpha value is -1.74. The number of unbranched alkanes of at least 4 members (excludes halogenated alkanes) is 2. The van der Waals surface area contributed by atoms with Crippen LogP contribution in [0.25, 0.3) is 0 Å². The van der Waals surface area contributed by atoms with E-state index in [-0.39, 0.29) is 13.0 Å². The van der Waals surface area contributed by atoms with E-state index in [1.54, 1.807) is 0 Å². The number of alkyl halides is 2. The summed E-state index contributed by atoms with van der Waals surface area (Å²) in [5.74, 6) is 2.90. The number of hydrogen-bond donors (Lipinski definition) is 0. The van der Waals surface area contributed by atoms with Gasteiger partial charge in [0.05, 0.1) is 13.0 Å². The van der Waals surface area contributed by atoms with Crippen molar-refractivity contribution in [3.05, 3.63) is 70.8 Å².